The normalized spacial score (nSPS) is 12.5. The molecule has 382 valence electrons. The van der Waals surface area contributed by atoms with Crippen LogP contribution in [-0.2, 0) is 22.6 Å². The molecule has 0 spiro atoms. The molecule has 0 saturated carbocycles. The summed E-state index contributed by atoms with van der Waals surface area (Å²) in [5.41, 5.74) is 17.7. The van der Waals surface area contributed by atoms with E-state index < -0.39 is 12.1 Å². The number of hydrogen-bond acceptors (Lipinski definition) is 8. The first-order valence-electron chi connectivity index (χ1n) is 26.0. The minimum Gasteiger partial charge on any atom is -0.377 e. The lowest BCUT2D eigenvalue weighted by molar-refractivity contribution is 0.0431. The molecular formula is C66H62N4O6. The zero-order valence-electron chi connectivity index (χ0n) is 44.5. The van der Waals surface area contributed by atoms with Crippen LogP contribution in [-0.4, -0.2) is 47.1 Å². The van der Waals surface area contributed by atoms with Crippen molar-refractivity contribution in [1.29, 1.82) is 0 Å². The molecule has 0 saturated heterocycles. The number of hydrogen-bond donors (Lipinski definition) is 0. The molecule has 0 aliphatic rings. The van der Waals surface area contributed by atoms with Crippen LogP contribution in [0, 0.1) is 65.2 Å². The maximum absolute atomic E-state index is 14.2. The fourth-order valence-electron chi connectivity index (χ4n) is 11.7. The van der Waals surface area contributed by atoms with Crippen LogP contribution in [0.5, 0.6) is 0 Å². The van der Waals surface area contributed by atoms with Crippen LogP contribution in [0.3, 0.4) is 0 Å². The quantitative estimate of drug-likeness (QED) is 0.0452. The van der Waals surface area contributed by atoms with Crippen molar-refractivity contribution in [1.82, 2.24) is 9.13 Å². The third kappa shape index (κ3) is 9.70. The van der Waals surface area contributed by atoms with Crippen molar-refractivity contribution in [2.75, 3.05) is 26.4 Å². The predicted octanol–water partition coefficient (Wildman–Crippen LogP) is 15.3. The largest absolute Gasteiger partial charge is 0.377 e. The summed E-state index contributed by atoms with van der Waals surface area (Å²) in [6.07, 6.45) is 0. The maximum Gasteiger partial charge on any atom is 0.193 e. The predicted molar refractivity (Wildman–Crippen MR) is 306 cm³/mol. The van der Waals surface area contributed by atoms with E-state index in [-0.39, 0.29) is 11.6 Å². The van der Waals surface area contributed by atoms with Gasteiger partial charge in [0.1, 0.15) is 12.1 Å². The third-order valence-electron chi connectivity index (χ3n) is 15.2. The molecule has 2 aromatic heterocycles. The number of aromatic nitrogens is 2. The topological polar surface area (TPSA) is 121 Å². The molecule has 0 aliphatic heterocycles. The zero-order valence-corrected chi connectivity index (χ0v) is 44.5. The first kappa shape index (κ1) is 51.3. The molecule has 10 heteroatoms. The smallest absolute Gasteiger partial charge is 0.193 e. The molecule has 0 bridgehead atoms. The SMILES string of the molecule is Cc1cc(C)c(C(=O)c2ccc3c(c2)c2cc(C(N=O)c4ccccc4C)ccc2n3CCOCCOCCn2c3ccc(C(=O)c4c(C)cc(C)cc4C)cc3c3cc(C(N=O)c4ccccc4C)ccc32)c(C)c1. The number of fused-ring (bicyclic) bond motifs is 6. The zero-order chi connectivity index (χ0) is 53.4. The van der Waals surface area contributed by atoms with Gasteiger partial charge in [0.05, 0.1) is 26.4 Å². The van der Waals surface area contributed by atoms with Gasteiger partial charge in [-0.05, 0) is 172 Å². The van der Waals surface area contributed by atoms with E-state index in [1.807, 2.05) is 201 Å². The summed E-state index contributed by atoms with van der Waals surface area (Å²) in [7, 11) is 0. The van der Waals surface area contributed by atoms with Crippen molar-refractivity contribution < 1.29 is 19.1 Å². The van der Waals surface area contributed by atoms with Gasteiger partial charge in [-0.15, -0.1) is 9.81 Å². The highest BCUT2D eigenvalue weighted by molar-refractivity contribution is 6.17. The van der Waals surface area contributed by atoms with Gasteiger partial charge in [-0.3, -0.25) is 9.59 Å². The Labute approximate surface area is 443 Å². The Morgan fingerprint density at radius 3 is 1.11 bits per heavy atom. The molecule has 0 fully saturated rings. The van der Waals surface area contributed by atoms with Crippen LogP contribution in [0.1, 0.15) is 111 Å². The molecule has 10 nitrogen and oxygen atoms in total. The first-order chi connectivity index (χ1) is 36.8. The lowest BCUT2D eigenvalue weighted by atomic mass is 9.92. The van der Waals surface area contributed by atoms with Crippen molar-refractivity contribution in [3.63, 3.8) is 0 Å². The summed E-state index contributed by atoms with van der Waals surface area (Å²) in [4.78, 5) is 53.5. The van der Waals surface area contributed by atoms with Crippen molar-refractivity contribution in [2.24, 2.45) is 10.4 Å². The molecular weight excluding hydrogens is 945 g/mol. The Bertz CT molecular complexity index is 3630. The summed E-state index contributed by atoms with van der Waals surface area (Å²) in [6.45, 7) is 18.6. The van der Waals surface area contributed by atoms with Crippen LogP contribution in [0.4, 0.5) is 0 Å². The number of carbonyl (C=O) groups excluding carboxylic acids is 2. The Morgan fingerprint density at radius 2 is 0.750 bits per heavy atom. The van der Waals surface area contributed by atoms with E-state index >= 15 is 0 Å². The number of rotatable bonds is 19. The number of aryl methyl sites for hydroxylation is 8. The lowest BCUT2D eigenvalue weighted by Crippen LogP contribution is -2.12. The summed E-state index contributed by atoms with van der Waals surface area (Å²) in [6, 6.07) is 46.4. The molecule has 0 radical (unpaired) electrons. The van der Waals surface area contributed by atoms with Crippen molar-refractivity contribution in [3.8, 4) is 0 Å². The lowest BCUT2D eigenvalue weighted by Gasteiger charge is -2.14. The molecule has 10 aromatic rings. The molecule has 10 rings (SSSR count). The van der Waals surface area contributed by atoms with Gasteiger partial charge >= 0.3 is 0 Å². The van der Waals surface area contributed by atoms with E-state index in [1.54, 1.807) is 0 Å². The molecule has 76 heavy (non-hydrogen) atoms. The highest BCUT2D eigenvalue weighted by Crippen LogP contribution is 2.38. The molecule has 0 amide bonds. The highest BCUT2D eigenvalue weighted by Gasteiger charge is 2.24. The number of carbonyl (C=O) groups is 2. The van der Waals surface area contributed by atoms with Crippen LogP contribution >= 0.6 is 0 Å². The number of nitroso groups, excluding NO2 is 2. The Morgan fingerprint density at radius 1 is 0.408 bits per heavy atom. The second-order valence-electron chi connectivity index (χ2n) is 20.5. The van der Waals surface area contributed by atoms with E-state index in [1.165, 1.54) is 0 Å². The Hall–Kier alpha value is -8.18. The van der Waals surface area contributed by atoms with Crippen LogP contribution < -0.4 is 0 Å². The molecule has 0 aliphatic carbocycles. The molecule has 8 aromatic carbocycles. The second-order valence-corrected chi connectivity index (χ2v) is 20.5. The minimum absolute atomic E-state index is 0.0271. The van der Waals surface area contributed by atoms with Crippen molar-refractivity contribution in [3.05, 3.63) is 244 Å². The van der Waals surface area contributed by atoms with Gasteiger partial charge in [0, 0.05) is 79.0 Å². The number of ether oxygens (including phenoxy) is 2. The number of nitrogens with zero attached hydrogens (tertiary/aromatic N) is 4. The average molecular weight is 1010 g/mol. The maximum atomic E-state index is 14.2. The summed E-state index contributed by atoms with van der Waals surface area (Å²) >= 11 is 0. The van der Waals surface area contributed by atoms with Gasteiger partial charge < -0.3 is 18.6 Å². The van der Waals surface area contributed by atoms with E-state index in [4.69, 9.17) is 9.47 Å². The van der Waals surface area contributed by atoms with Gasteiger partial charge in [0.25, 0.3) is 0 Å². The van der Waals surface area contributed by atoms with E-state index in [0.717, 1.165) is 110 Å². The standard InChI is InChI=1S/C66H62N4O6/c1-39-31-43(5)61(44(6)32-39)65(71)49-19-23-59-55(37-49)53-35-47(63(67-73)51-15-11-9-13-41(51)3)17-21-57(53)69(59)25-27-75-29-30-76-28-26-70-58-22-18-48(64(68-74)52-16-12-10-14-42(52)4)36-54(58)56-38-50(20-24-60(56)70)66(72)62-45(7)33-40(2)34-46(62)8/h9-24,31-38,63-64H,25-30H2,1-8H3. The van der Waals surface area contributed by atoms with Gasteiger partial charge in [0.2, 0.25) is 0 Å². The van der Waals surface area contributed by atoms with Crippen LogP contribution in [0.15, 0.2) is 156 Å². The number of benzene rings is 8. The van der Waals surface area contributed by atoms with E-state index in [2.05, 4.69) is 19.5 Å². The van der Waals surface area contributed by atoms with Gasteiger partial charge in [-0.1, -0.05) is 106 Å². The van der Waals surface area contributed by atoms with Gasteiger partial charge in [-0.25, -0.2) is 0 Å². The average Bonchev–Trinajstić information content (AvgIpc) is 3.90. The van der Waals surface area contributed by atoms with Gasteiger partial charge in [-0.2, -0.15) is 0 Å². The minimum atomic E-state index is -0.692. The fraction of sp³-hybridized carbons (Fsp3) is 0.242. The molecule has 2 unspecified atom stereocenters. The second kappa shape index (κ2) is 21.6. The summed E-state index contributed by atoms with van der Waals surface area (Å²) < 4.78 is 16.9. The van der Waals surface area contributed by atoms with Crippen LogP contribution in [0.2, 0.25) is 0 Å². The summed E-state index contributed by atoms with van der Waals surface area (Å²) in [5, 5.41) is 10.9. The van der Waals surface area contributed by atoms with Crippen molar-refractivity contribution in [2.45, 2.75) is 80.6 Å². The highest BCUT2D eigenvalue weighted by atomic mass is 16.5. The Balaban J connectivity index is 0.877. The molecule has 0 N–H and O–H groups in total. The molecule has 2 heterocycles. The summed E-state index contributed by atoms with van der Waals surface area (Å²) in [5.74, 6) is -0.0542. The van der Waals surface area contributed by atoms with Gasteiger partial charge in [0.15, 0.2) is 11.6 Å². The van der Waals surface area contributed by atoms with Crippen LogP contribution in [0.25, 0.3) is 43.6 Å². The van der Waals surface area contributed by atoms with E-state index in [0.29, 0.717) is 61.8 Å². The first-order valence-corrected chi connectivity index (χ1v) is 26.0. The van der Waals surface area contributed by atoms with Crippen molar-refractivity contribution >= 4 is 55.2 Å². The monoisotopic (exact) mass is 1010 g/mol. The third-order valence-corrected chi connectivity index (χ3v) is 15.2. The van der Waals surface area contributed by atoms with E-state index in [9.17, 15) is 19.4 Å². The number of ketones is 2. The molecule has 2 atom stereocenters. The fourth-order valence-corrected chi connectivity index (χ4v) is 11.7. The Kier molecular flexibility index (Phi) is 14.6.